The van der Waals surface area contributed by atoms with Crippen LogP contribution >= 0.6 is 0 Å². The van der Waals surface area contributed by atoms with Crippen LogP contribution in [0.3, 0.4) is 0 Å². The van der Waals surface area contributed by atoms with Crippen molar-refractivity contribution in [2.24, 2.45) is 0 Å². The minimum Gasteiger partial charge on any atom is -0.0458 e. The van der Waals surface area contributed by atoms with Crippen LogP contribution in [0.2, 0.25) is 0 Å². The molecule has 0 saturated heterocycles. The molecule has 0 atom stereocenters. The van der Waals surface area contributed by atoms with Gasteiger partial charge in [-0.1, -0.05) is 0 Å². The lowest BCUT2D eigenvalue weighted by Gasteiger charge is -1.90. The van der Waals surface area contributed by atoms with E-state index < -0.39 is 0 Å². The maximum absolute atomic E-state index is 2.88. The van der Waals surface area contributed by atoms with Crippen molar-refractivity contribution in [1.29, 1.82) is 0 Å². The van der Waals surface area contributed by atoms with Gasteiger partial charge >= 0.3 is 0 Å². The van der Waals surface area contributed by atoms with Crippen LogP contribution in [-0.2, 0) is 0 Å². The number of rotatable bonds is 0. The molecule has 0 nitrogen and oxygen atoms in total. The molecule has 0 amide bonds. The van der Waals surface area contributed by atoms with E-state index in [1.54, 1.807) is 0 Å². The third-order valence-electron chi connectivity index (χ3n) is 1.41. The second-order valence-corrected chi connectivity index (χ2v) is 2.07. The van der Waals surface area contributed by atoms with E-state index in [4.69, 9.17) is 0 Å². The molecule has 0 aliphatic heterocycles. The van der Waals surface area contributed by atoms with Gasteiger partial charge in [0.15, 0.2) is 0 Å². The molecule has 2 aromatic rings. The molecule has 0 heteroatoms. The zero-order valence-electron chi connectivity index (χ0n) is 5.31. The van der Waals surface area contributed by atoms with Crippen LogP contribution in [0.5, 0.6) is 0 Å². The maximum atomic E-state index is 2.88. The zero-order chi connectivity index (χ0) is 6.81. The quantitative estimate of drug-likeness (QED) is 0.504. The van der Waals surface area contributed by atoms with Crippen LogP contribution < -0.4 is 0 Å². The monoisotopic (exact) mass is 124 g/mol. The minimum absolute atomic E-state index is 1.14. The van der Waals surface area contributed by atoms with E-state index in [0.717, 1.165) is 10.8 Å². The lowest BCUT2D eigenvalue weighted by molar-refractivity contribution is 1.70. The molecule has 10 heavy (non-hydrogen) atoms. The topological polar surface area (TPSA) is 0 Å². The number of fused-ring (bicyclic) bond motifs is 1. The van der Waals surface area contributed by atoms with Crippen molar-refractivity contribution in [2.75, 3.05) is 0 Å². The average molecular weight is 124 g/mol. The smallest absolute Gasteiger partial charge is 0.00923 e. The molecule has 0 saturated carbocycles. The molecule has 0 N–H and O–H groups in total. The van der Waals surface area contributed by atoms with Crippen LogP contribution in [0.4, 0.5) is 0 Å². The van der Waals surface area contributed by atoms with Crippen molar-refractivity contribution in [3.05, 3.63) is 48.5 Å². The average Bonchev–Trinajstić information content (AvgIpc) is 2.05. The summed E-state index contributed by atoms with van der Waals surface area (Å²) in [5, 5.41) is 2.27. The first-order chi connectivity index (χ1) is 4.97. The van der Waals surface area contributed by atoms with E-state index >= 15 is 0 Å². The molecule has 0 aromatic heterocycles. The molecule has 2 aromatic carbocycles. The first-order valence-corrected chi connectivity index (χ1v) is 3.06. The van der Waals surface area contributed by atoms with Crippen LogP contribution in [0.1, 0.15) is 0 Å². The molecule has 44 valence electrons. The van der Waals surface area contributed by atoms with Crippen molar-refractivity contribution >= 4 is 10.8 Å². The lowest BCUT2D eigenvalue weighted by Crippen LogP contribution is -1.69. The zero-order valence-corrected chi connectivity index (χ0v) is 5.31. The van der Waals surface area contributed by atoms with Gasteiger partial charge in [0.1, 0.15) is 0 Å². The summed E-state index contributed by atoms with van der Waals surface area (Å²) < 4.78 is 0. The molecule has 2 rings (SSSR count). The summed E-state index contributed by atoms with van der Waals surface area (Å²) in [5.41, 5.74) is 0. The summed E-state index contributed by atoms with van der Waals surface area (Å²) in [5.74, 6) is 0. The van der Waals surface area contributed by atoms with Crippen LogP contribution in [0.15, 0.2) is 24.3 Å². The number of hydrogen-bond donors (Lipinski definition) is 0. The van der Waals surface area contributed by atoms with E-state index in [1.165, 1.54) is 0 Å². The van der Waals surface area contributed by atoms with Gasteiger partial charge < -0.3 is 0 Å². The molecule has 0 heterocycles. The fourth-order valence-electron chi connectivity index (χ4n) is 0.894. The molecule has 0 spiro atoms. The number of benzene rings is 2. The van der Waals surface area contributed by atoms with Crippen molar-refractivity contribution in [2.45, 2.75) is 0 Å². The van der Waals surface area contributed by atoms with E-state index in [1.807, 2.05) is 24.3 Å². The van der Waals surface area contributed by atoms with Crippen molar-refractivity contribution in [1.82, 2.24) is 0 Å². The molecule has 0 aliphatic rings. The molecule has 4 radical (unpaired) electrons. The first-order valence-electron chi connectivity index (χ1n) is 3.06. The Morgan fingerprint density at radius 3 is 1.20 bits per heavy atom. The van der Waals surface area contributed by atoms with Crippen LogP contribution in [-0.4, -0.2) is 0 Å². The molecular formula is C10H4. The molecule has 0 unspecified atom stereocenters. The van der Waals surface area contributed by atoms with Gasteiger partial charge in [-0.15, -0.1) is 0 Å². The van der Waals surface area contributed by atoms with Gasteiger partial charge in [0.25, 0.3) is 0 Å². The highest BCUT2D eigenvalue weighted by Gasteiger charge is 1.86. The Morgan fingerprint density at radius 2 is 0.900 bits per heavy atom. The van der Waals surface area contributed by atoms with Gasteiger partial charge in [0.2, 0.25) is 0 Å². The lowest BCUT2D eigenvalue weighted by atomic mass is 10.1. The van der Waals surface area contributed by atoms with Crippen LogP contribution in [0, 0.1) is 24.3 Å². The predicted molar refractivity (Wildman–Crippen MR) is 39.3 cm³/mol. The van der Waals surface area contributed by atoms with Gasteiger partial charge in [-0.2, -0.15) is 0 Å². The van der Waals surface area contributed by atoms with E-state index in [0.29, 0.717) is 0 Å². The summed E-state index contributed by atoms with van der Waals surface area (Å²) in [6, 6.07) is 19.1. The maximum Gasteiger partial charge on any atom is -0.00923 e. The SMILES string of the molecule is [c]1[c]cc2c[c][c]cc2c1. The highest BCUT2D eigenvalue weighted by molar-refractivity contribution is 5.81. The largest absolute Gasteiger partial charge is 0.0458 e. The Hall–Kier alpha value is -1.30. The fourth-order valence-corrected chi connectivity index (χ4v) is 0.894. The predicted octanol–water partition coefficient (Wildman–Crippen LogP) is 2.04. The summed E-state index contributed by atoms with van der Waals surface area (Å²) in [6.07, 6.45) is 0. The second-order valence-electron chi connectivity index (χ2n) is 2.07. The highest BCUT2D eigenvalue weighted by atomic mass is 13.9. The Labute approximate surface area is 60.1 Å². The Morgan fingerprint density at radius 1 is 0.600 bits per heavy atom. The summed E-state index contributed by atoms with van der Waals surface area (Å²) >= 11 is 0. The van der Waals surface area contributed by atoms with E-state index in [-0.39, 0.29) is 0 Å². The van der Waals surface area contributed by atoms with Gasteiger partial charge in [-0.3, -0.25) is 0 Å². The molecule has 0 fully saturated rings. The normalized spacial score (nSPS) is 10.0. The first kappa shape index (κ1) is 5.48. The highest BCUT2D eigenvalue weighted by Crippen LogP contribution is 2.09. The van der Waals surface area contributed by atoms with Crippen LogP contribution in [0.25, 0.3) is 10.8 Å². The Kier molecular flexibility index (Phi) is 1.17. The van der Waals surface area contributed by atoms with Crippen molar-refractivity contribution < 1.29 is 0 Å². The van der Waals surface area contributed by atoms with E-state index in [9.17, 15) is 0 Å². The molecular weight excluding hydrogens is 120 g/mol. The third-order valence-corrected chi connectivity index (χ3v) is 1.41. The van der Waals surface area contributed by atoms with Crippen molar-refractivity contribution in [3.8, 4) is 0 Å². The molecule has 0 bridgehead atoms. The summed E-state index contributed by atoms with van der Waals surface area (Å²) in [4.78, 5) is 0. The second kappa shape index (κ2) is 2.14. The van der Waals surface area contributed by atoms with Gasteiger partial charge in [0, 0.05) is 0 Å². The minimum atomic E-state index is 1.14. The van der Waals surface area contributed by atoms with Crippen molar-refractivity contribution in [3.63, 3.8) is 0 Å². The Balaban J connectivity index is 2.89. The molecule has 0 aliphatic carbocycles. The van der Waals surface area contributed by atoms with Gasteiger partial charge in [-0.05, 0) is 59.3 Å². The fraction of sp³-hybridized carbons (Fsp3) is 0. The summed E-state index contributed by atoms with van der Waals surface area (Å²) in [6.45, 7) is 0. The number of hydrogen-bond acceptors (Lipinski definition) is 0. The third kappa shape index (κ3) is 0.781. The van der Waals surface area contributed by atoms with Gasteiger partial charge in [0.05, 0.1) is 0 Å². The standard InChI is InChI=1S/C10H4/c1-2-6-10-8-4-3-7-9(10)5-1/h5-8H. The Bertz CT molecular complexity index is 271. The summed E-state index contributed by atoms with van der Waals surface area (Å²) in [7, 11) is 0. The van der Waals surface area contributed by atoms with Gasteiger partial charge in [-0.25, -0.2) is 0 Å². The van der Waals surface area contributed by atoms with E-state index in [2.05, 4.69) is 24.3 Å².